The lowest BCUT2D eigenvalue weighted by atomic mass is 10.2. The molecule has 0 aliphatic heterocycles. The molecular formula is C13H13N3O2. The molecule has 0 aliphatic rings. The molecular weight excluding hydrogens is 230 g/mol. The van der Waals surface area contributed by atoms with E-state index >= 15 is 0 Å². The number of hydrogen-bond acceptors (Lipinski definition) is 5. The van der Waals surface area contributed by atoms with Crippen LogP contribution < -0.4 is 4.74 Å². The Morgan fingerprint density at radius 3 is 2.72 bits per heavy atom. The molecule has 0 unspecified atom stereocenters. The zero-order chi connectivity index (χ0) is 12.8. The quantitative estimate of drug-likeness (QED) is 0.609. The molecule has 92 valence electrons. The molecule has 0 radical (unpaired) electrons. The van der Waals surface area contributed by atoms with Crippen LogP contribution >= 0.6 is 0 Å². The fourth-order valence-corrected chi connectivity index (χ4v) is 1.49. The van der Waals surface area contributed by atoms with Gasteiger partial charge in [0.15, 0.2) is 0 Å². The number of nitrogens with zero attached hydrogens (tertiary/aromatic N) is 3. The Balaban J connectivity index is 2.46. The van der Waals surface area contributed by atoms with E-state index in [1.165, 1.54) is 13.3 Å². The van der Waals surface area contributed by atoms with Gasteiger partial charge in [0.2, 0.25) is 0 Å². The van der Waals surface area contributed by atoms with E-state index in [2.05, 4.69) is 20.0 Å². The number of aromatic nitrogens is 2. The van der Waals surface area contributed by atoms with E-state index in [4.69, 9.17) is 4.74 Å². The second-order valence-electron chi connectivity index (χ2n) is 3.42. The Bertz CT molecular complexity index is 541. The van der Waals surface area contributed by atoms with E-state index in [1.807, 2.05) is 24.3 Å². The summed E-state index contributed by atoms with van der Waals surface area (Å²) in [4.78, 5) is 13.3. The van der Waals surface area contributed by atoms with Crippen molar-refractivity contribution < 1.29 is 9.57 Å². The first-order chi connectivity index (χ1) is 8.85. The maximum Gasteiger partial charge on any atom is 0.146 e. The summed E-state index contributed by atoms with van der Waals surface area (Å²) in [7, 11) is 3.09. The van der Waals surface area contributed by atoms with Gasteiger partial charge in [0.25, 0.3) is 0 Å². The molecule has 2 heterocycles. The van der Waals surface area contributed by atoms with Gasteiger partial charge in [0.1, 0.15) is 18.6 Å². The molecule has 0 spiro atoms. The fourth-order valence-electron chi connectivity index (χ4n) is 1.49. The van der Waals surface area contributed by atoms with E-state index in [9.17, 15) is 0 Å². The second-order valence-corrected chi connectivity index (χ2v) is 3.42. The van der Waals surface area contributed by atoms with Crippen LogP contribution in [0.3, 0.4) is 0 Å². The number of ether oxygens (including phenoxy) is 1. The smallest absolute Gasteiger partial charge is 0.146 e. The second kappa shape index (κ2) is 5.77. The van der Waals surface area contributed by atoms with Crippen molar-refractivity contribution in [3.8, 4) is 17.1 Å². The summed E-state index contributed by atoms with van der Waals surface area (Å²) in [5.74, 6) is 0.670. The summed E-state index contributed by atoms with van der Waals surface area (Å²) in [5, 5.41) is 3.68. The number of oxime groups is 1. The highest BCUT2D eigenvalue weighted by Gasteiger charge is 2.09. The summed E-state index contributed by atoms with van der Waals surface area (Å²) < 4.78 is 5.28. The molecule has 0 amide bonds. The third-order valence-corrected chi connectivity index (χ3v) is 2.30. The summed E-state index contributed by atoms with van der Waals surface area (Å²) in [6.45, 7) is 0. The summed E-state index contributed by atoms with van der Waals surface area (Å²) in [6.07, 6.45) is 3.25. The third-order valence-electron chi connectivity index (χ3n) is 2.30. The number of hydrogen-bond donors (Lipinski definition) is 0. The standard InChI is InChI=1S/C13H13N3O2/c1-17-12-7-6-10(9-15-18-2)16-13(12)11-5-3-4-8-14-11/h3-9H,1-2H3. The van der Waals surface area contributed by atoms with Crippen LogP contribution in [0.15, 0.2) is 41.7 Å². The predicted molar refractivity (Wildman–Crippen MR) is 68.6 cm³/mol. The van der Waals surface area contributed by atoms with Gasteiger partial charge in [-0.25, -0.2) is 4.98 Å². The van der Waals surface area contributed by atoms with Gasteiger partial charge in [-0.05, 0) is 24.3 Å². The highest BCUT2D eigenvalue weighted by atomic mass is 16.6. The van der Waals surface area contributed by atoms with Gasteiger partial charge in [-0.1, -0.05) is 11.2 Å². The minimum Gasteiger partial charge on any atom is -0.494 e. The Hall–Kier alpha value is -2.43. The van der Waals surface area contributed by atoms with Crippen LogP contribution in [0.2, 0.25) is 0 Å². The monoisotopic (exact) mass is 243 g/mol. The van der Waals surface area contributed by atoms with E-state index in [0.29, 0.717) is 17.1 Å². The van der Waals surface area contributed by atoms with Crippen molar-refractivity contribution in [1.82, 2.24) is 9.97 Å². The average molecular weight is 243 g/mol. The van der Waals surface area contributed by atoms with Crippen LogP contribution in [-0.4, -0.2) is 30.4 Å². The maximum atomic E-state index is 5.28. The summed E-state index contributed by atoms with van der Waals surface area (Å²) in [6, 6.07) is 9.26. The Kier molecular flexibility index (Phi) is 3.86. The van der Waals surface area contributed by atoms with Gasteiger partial charge in [-0.3, -0.25) is 4.98 Å². The Morgan fingerprint density at radius 2 is 2.06 bits per heavy atom. The lowest BCUT2D eigenvalue weighted by molar-refractivity contribution is 0.215. The van der Waals surface area contributed by atoms with Gasteiger partial charge in [-0.15, -0.1) is 0 Å². The van der Waals surface area contributed by atoms with Crippen LogP contribution in [0, 0.1) is 0 Å². The first kappa shape index (κ1) is 12.0. The molecule has 0 fully saturated rings. The number of pyridine rings is 2. The number of rotatable bonds is 4. The Labute approximate surface area is 105 Å². The van der Waals surface area contributed by atoms with Gasteiger partial charge < -0.3 is 9.57 Å². The maximum absolute atomic E-state index is 5.28. The molecule has 2 aromatic rings. The molecule has 0 aliphatic carbocycles. The first-order valence-corrected chi connectivity index (χ1v) is 5.38. The van der Waals surface area contributed by atoms with Gasteiger partial charge in [0.05, 0.1) is 24.7 Å². The topological polar surface area (TPSA) is 56.6 Å². The highest BCUT2D eigenvalue weighted by molar-refractivity contribution is 5.78. The van der Waals surface area contributed by atoms with Crippen molar-refractivity contribution in [3.63, 3.8) is 0 Å². The van der Waals surface area contributed by atoms with Crippen LogP contribution in [0.1, 0.15) is 5.69 Å². The van der Waals surface area contributed by atoms with Crippen molar-refractivity contribution >= 4 is 6.21 Å². The molecule has 0 aromatic carbocycles. The van der Waals surface area contributed by atoms with Crippen molar-refractivity contribution in [2.24, 2.45) is 5.16 Å². The Morgan fingerprint density at radius 1 is 1.17 bits per heavy atom. The fraction of sp³-hybridized carbons (Fsp3) is 0.154. The number of methoxy groups -OCH3 is 1. The van der Waals surface area contributed by atoms with E-state index in [0.717, 1.165) is 5.69 Å². The van der Waals surface area contributed by atoms with Gasteiger partial charge in [-0.2, -0.15) is 0 Å². The van der Waals surface area contributed by atoms with Crippen molar-refractivity contribution in [1.29, 1.82) is 0 Å². The molecule has 0 atom stereocenters. The zero-order valence-electron chi connectivity index (χ0n) is 10.2. The molecule has 0 saturated heterocycles. The van der Waals surface area contributed by atoms with E-state index in [1.54, 1.807) is 19.4 Å². The normalized spacial score (nSPS) is 10.6. The SMILES string of the molecule is CON=Cc1ccc(OC)c(-c2ccccn2)n1. The lowest BCUT2D eigenvalue weighted by Gasteiger charge is -2.07. The zero-order valence-corrected chi connectivity index (χ0v) is 10.2. The largest absolute Gasteiger partial charge is 0.494 e. The van der Waals surface area contributed by atoms with Crippen molar-refractivity contribution in [2.75, 3.05) is 14.2 Å². The van der Waals surface area contributed by atoms with Crippen LogP contribution in [0.4, 0.5) is 0 Å². The molecule has 0 N–H and O–H groups in total. The highest BCUT2D eigenvalue weighted by Crippen LogP contribution is 2.25. The predicted octanol–water partition coefficient (Wildman–Crippen LogP) is 2.13. The van der Waals surface area contributed by atoms with Crippen molar-refractivity contribution in [3.05, 3.63) is 42.2 Å². The van der Waals surface area contributed by atoms with E-state index < -0.39 is 0 Å². The van der Waals surface area contributed by atoms with Crippen LogP contribution in [-0.2, 0) is 4.84 Å². The van der Waals surface area contributed by atoms with Crippen molar-refractivity contribution in [2.45, 2.75) is 0 Å². The summed E-state index contributed by atoms with van der Waals surface area (Å²) >= 11 is 0. The minimum absolute atomic E-state index is 0.670. The molecule has 5 heteroatoms. The molecule has 2 aromatic heterocycles. The molecule has 0 bridgehead atoms. The molecule has 0 saturated carbocycles. The average Bonchev–Trinajstić information content (AvgIpc) is 2.45. The molecule has 2 rings (SSSR count). The molecule has 5 nitrogen and oxygen atoms in total. The first-order valence-electron chi connectivity index (χ1n) is 5.38. The van der Waals surface area contributed by atoms with E-state index in [-0.39, 0.29) is 0 Å². The van der Waals surface area contributed by atoms with Crippen LogP contribution in [0.5, 0.6) is 5.75 Å². The third kappa shape index (κ3) is 2.63. The van der Waals surface area contributed by atoms with Gasteiger partial charge >= 0.3 is 0 Å². The van der Waals surface area contributed by atoms with Crippen LogP contribution in [0.25, 0.3) is 11.4 Å². The van der Waals surface area contributed by atoms with Gasteiger partial charge in [0, 0.05) is 6.20 Å². The molecule has 18 heavy (non-hydrogen) atoms. The summed E-state index contributed by atoms with van der Waals surface area (Å²) in [5.41, 5.74) is 2.11. The lowest BCUT2D eigenvalue weighted by Crippen LogP contribution is -1.97. The minimum atomic E-state index is 0.670.